The standard InChI is InChI=1S/C17H20N2O7S/c1-10-3-5-12(6-4-10)27(23,24)25-9-14-13(20)7-15(26-14)19-8-11(2)16(21)18-17(19)22/h3-6,8,13-15,20H,7,9H2,1-2H3,(H,18,21,22)/t13-,14+,15+/m0/s1. The summed E-state index contributed by atoms with van der Waals surface area (Å²) in [5.41, 5.74) is 0.0535. The van der Waals surface area contributed by atoms with Crippen molar-refractivity contribution in [2.75, 3.05) is 6.61 Å². The van der Waals surface area contributed by atoms with E-state index in [1.165, 1.54) is 25.3 Å². The van der Waals surface area contributed by atoms with Crippen LogP contribution in [0.5, 0.6) is 0 Å². The molecule has 1 saturated heterocycles. The minimum Gasteiger partial charge on any atom is -0.390 e. The Kier molecular flexibility index (Phi) is 5.33. The molecule has 0 saturated carbocycles. The van der Waals surface area contributed by atoms with Crippen LogP contribution in [0.25, 0.3) is 0 Å². The molecule has 1 aliphatic rings. The summed E-state index contributed by atoms with van der Waals surface area (Å²) in [7, 11) is -4.00. The number of aliphatic hydroxyl groups is 1. The highest BCUT2D eigenvalue weighted by molar-refractivity contribution is 7.86. The van der Waals surface area contributed by atoms with Crippen LogP contribution in [0.15, 0.2) is 44.9 Å². The number of aromatic nitrogens is 2. The molecule has 146 valence electrons. The summed E-state index contributed by atoms with van der Waals surface area (Å²) in [5, 5.41) is 10.2. The van der Waals surface area contributed by atoms with Gasteiger partial charge in [-0.3, -0.25) is 18.5 Å². The number of aryl methyl sites for hydroxylation is 2. The fourth-order valence-corrected chi connectivity index (χ4v) is 3.68. The summed E-state index contributed by atoms with van der Waals surface area (Å²) in [4.78, 5) is 25.6. The lowest BCUT2D eigenvalue weighted by molar-refractivity contribution is -0.0400. The molecule has 0 unspecified atom stereocenters. The molecule has 0 aliphatic carbocycles. The third-order valence-corrected chi connectivity index (χ3v) is 5.65. The van der Waals surface area contributed by atoms with Crippen molar-refractivity contribution in [3.8, 4) is 0 Å². The second-order valence-corrected chi connectivity index (χ2v) is 8.08. The Morgan fingerprint density at radius 2 is 1.93 bits per heavy atom. The minimum atomic E-state index is -4.00. The third-order valence-electron chi connectivity index (χ3n) is 4.36. The number of ether oxygens (including phenoxy) is 1. The fraction of sp³-hybridized carbons (Fsp3) is 0.412. The molecule has 2 aromatic rings. The van der Waals surface area contributed by atoms with Crippen LogP contribution in [-0.2, 0) is 19.0 Å². The van der Waals surface area contributed by atoms with Crippen LogP contribution in [0.3, 0.4) is 0 Å². The second-order valence-electron chi connectivity index (χ2n) is 6.46. The van der Waals surface area contributed by atoms with E-state index in [0.717, 1.165) is 10.1 Å². The highest BCUT2D eigenvalue weighted by Gasteiger charge is 2.37. The van der Waals surface area contributed by atoms with Gasteiger partial charge in [-0.15, -0.1) is 0 Å². The molecule has 1 aliphatic heterocycles. The van der Waals surface area contributed by atoms with Crippen LogP contribution in [-0.4, -0.2) is 41.9 Å². The van der Waals surface area contributed by atoms with Gasteiger partial charge in [-0.1, -0.05) is 17.7 Å². The van der Waals surface area contributed by atoms with E-state index in [4.69, 9.17) is 8.92 Å². The van der Waals surface area contributed by atoms with Crippen molar-refractivity contribution in [3.63, 3.8) is 0 Å². The largest absolute Gasteiger partial charge is 0.390 e. The van der Waals surface area contributed by atoms with E-state index >= 15 is 0 Å². The van der Waals surface area contributed by atoms with Crippen molar-refractivity contribution in [1.82, 2.24) is 9.55 Å². The third kappa shape index (κ3) is 4.19. The molecular weight excluding hydrogens is 376 g/mol. The van der Waals surface area contributed by atoms with Gasteiger partial charge in [0.25, 0.3) is 15.7 Å². The monoisotopic (exact) mass is 396 g/mol. The average molecular weight is 396 g/mol. The molecule has 9 nitrogen and oxygen atoms in total. The highest BCUT2D eigenvalue weighted by atomic mass is 32.2. The zero-order valence-corrected chi connectivity index (χ0v) is 15.6. The number of nitrogens with zero attached hydrogens (tertiary/aromatic N) is 1. The fourth-order valence-electron chi connectivity index (χ4n) is 2.77. The number of benzene rings is 1. The van der Waals surface area contributed by atoms with Crippen molar-refractivity contribution in [2.45, 2.75) is 43.6 Å². The van der Waals surface area contributed by atoms with E-state index in [0.29, 0.717) is 5.56 Å². The summed E-state index contributed by atoms with van der Waals surface area (Å²) >= 11 is 0. The summed E-state index contributed by atoms with van der Waals surface area (Å²) in [6.07, 6.45) is -1.40. The van der Waals surface area contributed by atoms with Crippen LogP contribution in [0.4, 0.5) is 0 Å². The predicted octanol–water partition coefficient (Wildman–Crippen LogP) is 0.207. The molecule has 0 spiro atoms. The maximum Gasteiger partial charge on any atom is 0.330 e. The van der Waals surface area contributed by atoms with Crippen LogP contribution in [0.1, 0.15) is 23.8 Å². The summed E-state index contributed by atoms with van der Waals surface area (Å²) < 4.78 is 36.2. The molecule has 0 amide bonds. The molecule has 3 atom stereocenters. The van der Waals surface area contributed by atoms with E-state index in [9.17, 15) is 23.1 Å². The van der Waals surface area contributed by atoms with Gasteiger partial charge in [0.15, 0.2) is 0 Å². The lowest BCUT2D eigenvalue weighted by atomic mass is 10.2. The first-order valence-electron chi connectivity index (χ1n) is 8.29. The van der Waals surface area contributed by atoms with Gasteiger partial charge in [-0.2, -0.15) is 8.42 Å². The molecule has 2 heterocycles. The first-order valence-corrected chi connectivity index (χ1v) is 9.70. The van der Waals surface area contributed by atoms with Crippen LogP contribution >= 0.6 is 0 Å². The lowest BCUT2D eigenvalue weighted by Gasteiger charge is -2.16. The molecule has 1 aromatic carbocycles. The van der Waals surface area contributed by atoms with Crippen molar-refractivity contribution in [2.24, 2.45) is 0 Å². The van der Waals surface area contributed by atoms with Crippen LogP contribution in [0, 0.1) is 13.8 Å². The van der Waals surface area contributed by atoms with Crippen molar-refractivity contribution in [3.05, 3.63) is 62.4 Å². The van der Waals surface area contributed by atoms with E-state index in [-0.39, 0.29) is 11.3 Å². The van der Waals surface area contributed by atoms with Crippen molar-refractivity contribution in [1.29, 1.82) is 0 Å². The second kappa shape index (κ2) is 7.39. The molecule has 27 heavy (non-hydrogen) atoms. The molecule has 3 rings (SSSR count). The first kappa shape index (κ1) is 19.5. The topological polar surface area (TPSA) is 128 Å². The Hall–Kier alpha value is -2.27. The van der Waals surface area contributed by atoms with Gasteiger partial charge in [-0.05, 0) is 26.0 Å². The average Bonchev–Trinajstić information content (AvgIpc) is 2.97. The normalized spacial score (nSPS) is 22.9. The number of hydrogen-bond donors (Lipinski definition) is 2. The molecule has 1 fully saturated rings. The lowest BCUT2D eigenvalue weighted by Crippen LogP contribution is -2.33. The molecule has 10 heteroatoms. The van der Waals surface area contributed by atoms with E-state index in [1.54, 1.807) is 12.1 Å². The SMILES string of the molecule is Cc1ccc(S(=O)(=O)OC[C@H]2O[C@@H](n3cc(C)c(=O)[nH]c3=O)C[C@@H]2O)cc1. The molecule has 1 aromatic heterocycles. The van der Waals surface area contributed by atoms with Gasteiger partial charge in [0, 0.05) is 18.2 Å². The quantitative estimate of drug-likeness (QED) is 0.691. The van der Waals surface area contributed by atoms with Gasteiger partial charge >= 0.3 is 5.69 Å². The van der Waals surface area contributed by atoms with E-state index in [2.05, 4.69) is 4.98 Å². The molecule has 2 N–H and O–H groups in total. The predicted molar refractivity (Wildman–Crippen MR) is 94.9 cm³/mol. The number of H-pyrrole nitrogens is 1. The highest BCUT2D eigenvalue weighted by Crippen LogP contribution is 2.28. The number of rotatable bonds is 5. The van der Waals surface area contributed by atoms with Gasteiger partial charge in [0.1, 0.15) is 12.3 Å². The zero-order chi connectivity index (χ0) is 19.8. The zero-order valence-electron chi connectivity index (χ0n) is 14.8. The van der Waals surface area contributed by atoms with E-state index in [1.807, 2.05) is 6.92 Å². The number of aliphatic hydroxyl groups excluding tert-OH is 1. The maximum atomic E-state index is 12.2. The number of hydrogen-bond acceptors (Lipinski definition) is 7. The van der Waals surface area contributed by atoms with Crippen molar-refractivity contribution < 1.29 is 22.4 Å². The summed E-state index contributed by atoms with van der Waals surface area (Å²) in [5.74, 6) is 0. The van der Waals surface area contributed by atoms with Crippen LogP contribution < -0.4 is 11.2 Å². The van der Waals surface area contributed by atoms with Gasteiger partial charge in [0.05, 0.1) is 17.6 Å². The van der Waals surface area contributed by atoms with E-state index < -0.39 is 46.4 Å². The minimum absolute atomic E-state index is 0.00427. The van der Waals surface area contributed by atoms with Crippen LogP contribution in [0.2, 0.25) is 0 Å². The van der Waals surface area contributed by atoms with Crippen molar-refractivity contribution >= 4 is 10.1 Å². The Balaban J connectivity index is 1.70. The van der Waals surface area contributed by atoms with Gasteiger partial charge in [-0.25, -0.2) is 4.79 Å². The summed E-state index contributed by atoms with van der Waals surface area (Å²) in [6, 6.07) is 6.17. The van der Waals surface area contributed by atoms with Gasteiger partial charge in [0.2, 0.25) is 0 Å². The Bertz CT molecular complexity index is 1040. The summed E-state index contributed by atoms with van der Waals surface area (Å²) in [6.45, 7) is 2.97. The maximum absolute atomic E-state index is 12.2. The molecule has 0 bridgehead atoms. The Morgan fingerprint density at radius 3 is 2.59 bits per heavy atom. The Labute approximate surface area is 155 Å². The Morgan fingerprint density at radius 1 is 1.26 bits per heavy atom. The smallest absolute Gasteiger partial charge is 0.330 e. The first-order chi connectivity index (χ1) is 12.7. The van der Waals surface area contributed by atoms with Gasteiger partial charge < -0.3 is 9.84 Å². The number of nitrogens with one attached hydrogen (secondary N) is 1. The number of aromatic amines is 1. The molecule has 0 radical (unpaired) electrons. The molecular formula is C17H20N2O7S.